The zero-order chi connectivity index (χ0) is 8.43. The molecule has 0 bridgehead atoms. The molecule has 0 saturated heterocycles. The van der Waals surface area contributed by atoms with Gasteiger partial charge in [-0.2, -0.15) is 0 Å². The van der Waals surface area contributed by atoms with Gasteiger partial charge in [-0.15, -0.1) is 0 Å². The lowest BCUT2D eigenvalue weighted by molar-refractivity contribution is 0.150. The number of aromatic nitrogens is 1. The maximum atomic E-state index is 11.9. The van der Waals surface area contributed by atoms with E-state index in [1.165, 1.54) is 0 Å². The molecule has 0 aliphatic heterocycles. The normalized spacial score (nSPS) is 10.5. The van der Waals surface area contributed by atoms with E-state index in [0.29, 0.717) is 0 Å². The standard InChI is InChI=1S/C6H6F2N2O/c7-5(8)3-1-4(11)6(9)10-2-3/h1-2,5,11H,(H2,9,10). The number of nitrogens with two attached hydrogens (primary N) is 1. The lowest BCUT2D eigenvalue weighted by atomic mass is 10.3. The molecule has 0 amide bonds. The maximum absolute atomic E-state index is 11.9. The predicted octanol–water partition coefficient (Wildman–Crippen LogP) is 1.31. The minimum absolute atomic E-state index is 0.144. The van der Waals surface area contributed by atoms with Crippen LogP contribution in [0, 0.1) is 0 Å². The second-order valence-corrected chi connectivity index (χ2v) is 1.97. The molecule has 0 spiro atoms. The van der Waals surface area contributed by atoms with Gasteiger partial charge in [0, 0.05) is 11.8 Å². The zero-order valence-electron chi connectivity index (χ0n) is 5.46. The van der Waals surface area contributed by atoms with Crippen LogP contribution in [0.5, 0.6) is 5.75 Å². The largest absolute Gasteiger partial charge is 0.504 e. The molecular weight excluding hydrogens is 154 g/mol. The van der Waals surface area contributed by atoms with E-state index in [9.17, 15) is 8.78 Å². The van der Waals surface area contributed by atoms with Crippen LogP contribution in [0.15, 0.2) is 12.3 Å². The van der Waals surface area contributed by atoms with Crippen molar-refractivity contribution in [3.05, 3.63) is 17.8 Å². The minimum Gasteiger partial charge on any atom is -0.504 e. The van der Waals surface area contributed by atoms with Crippen LogP contribution >= 0.6 is 0 Å². The van der Waals surface area contributed by atoms with Crippen molar-refractivity contribution in [2.45, 2.75) is 6.43 Å². The Labute approximate surface area is 61.5 Å². The first-order chi connectivity index (χ1) is 5.11. The molecule has 1 heterocycles. The predicted molar refractivity (Wildman–Crippen MR) is 35.3 cm³/mol. The second-order valence-electron chi connectivity index (χ2n) is 1.97. The highest BCUT2D eigenvalue weighted by Crippen LogP contribution is 2.24. The van der Waals surface area contributed by atoms with Crippen LogP contribution in [0.25, 0.3) is 0 Å². The van der Waals surface area contributed by atoms with Crippen LogP contribution in [-0.2, 0) is 0 Å². The molecule has 0 aliphatic carbocycles. The number of halogens is 2. The van der Waals surface area contributed by atoms with Crippen LogP contribution in [0.3, 0.4) is 0 Å². The summed E-state index contributed by atoms with van der Waals surface area (Å²) in [7, 11) is 0. The van der Waals surface area contributed by atoms with Crippen molar-refractivity contribution in [3.8, 4) is 5.75 Å². The number of nitrogen functional groups attached to an aromatic ring is 1. The fraction of sp³-hybridized carbons (Fsp3) is 0.167. The van der Waals surface area contributed by atoms with Crippen LogP contribution < -0.4 is 5.73 Å². The van der Waals surface area contributed by atoms with Gasteiger partial charge in [0.25, 0.3) is 6.43 Å². The summed E-state index contributed by atoms with van der Waals surface area (Å²) >= 11 is 0. The summed E-state index contributed by atoms with van der Waals surface area (Å²) < 4.78 is 23.8. The van der Waals surface area contributed by atoms with Gasteiger partial charge in [-0.3, -0.25) is 0 Å². The number of nitrogens with zero attached hydrogens (tertiary/aromatic N) is 1. The lowest BCUT2D eigenvalue weighted by Crippen LogP contribution is -1.92. The highest BCUT2D eigenvalue weighted by Gasteiger charge is 2.09. The number of pyridine rings is 1. The van der Waals surface area contributed by atoms with E-state index in [1.54, 1.807) is 0 Å². The Morgan fingerprint density at radius 2 is 2.18 bits per heavy atom. The molecule has 0 aliphatic rings. The molecule has 0 unspecified atom stereocenters. The average Bonchev–Trinajstić information content (AvgIpc) is 1.94. The van der Waals surface area contributed by atoms with E-state index in [1.807, 2.05) is 0 Å². The summed E-state index contributed by atoms with van der Waals surface area (Å²) in [5.41, 5.74) is 4.75. The molecule has 3 N–H and O–H groups in total. The number of anilines is 1. The minimum atomic E-state index is -2.63. The molecule has 1 aromatic heterocycles. The van der Waals surface area contributed by atoms with E-state index < -0.39 is 12.2 Å². The van der Waals surface area contributed by atoms with Gasteiger partial charge in [-0.1, -0.05) is 0 Å². The second kappa shape index (κ2) is 2.69. The molecule has 1 aromatic rings. The fourth-order valence-electron chi connectivity index (χ4n) is 0.599. The van der Waals surface area contributed by atoms with E-state index in [-0.39, 0.29) is 11.4 Å². The first kappa shape index (κ1) is 7.71. The molecule has 3 nitrogen and oxygen atoms in total. The van der Waals surface area contributed by atoms with Crippen LogP contribution in [0.4, 0.5) is 14.6 Å². The van der Waals surface area contributed by atoms with Crippen molar-refractivity contribution in [1.29, 1.82) is 0 Å². The van der Waals surface area contributed by atoms with Crippen molar-refractivity contribution in [2.24, 2.45) is 0 Å². The monoisotopic (exact) mass is 160 g/mol. The molecule has 0 atom stereocenters. The Kier molecular flexibility index (Phi) is 1.89. The van der Waals surface area contributed by atoms with Crippen molar-refractivity contribution in [2.75, 3.05) is 5.73 Å². The third-order valence-corrected chi connectivity index (χ3v) is 1.17. The Morgan fingerprint density at radius 3 is 2.64 bits per heavy atom. The molecule has 0 aromatic carbocycles. The summed E-state index contributed by atoms with van der Waals surface area (Å²) in [4.78, 5) is 3.35. The molecule has 60 valence electrons. The van der Waals surface area contributed by atoms with Gasteiger partial charge in [0.05, 0.1) is 0 Å². The SMILES string of the molecule is Nc1ncc(C(F)F)cc1O. The molecular formula is C6H6F2N2O. The topological polar surface area (TPSA) is 59.1 Å². The highest BCUT2D eigenvalue weighted by molar-refractivity contribution is 5.45. The van der Waals surface area contributed by atoms with E-state index in [4.69, 9.17) is 10.8 Å². The summed E-state index contributed by atoms with van der Waals surface area (Å²) in [5, 5.41) is 8.83. The van der Waals surface area contributed by atoms with Crippen molar-refractivity contribution < 1.29 is 13.9 Å². The third kappa shape index (κ3) is 1.54. The summed E-state index contributed by atoms with van der Waals surface area (Å²) in [5.74, 6) is -0.558. The van der Waals surface area contributed by atoms with E-state index in [0.717, 1.165) is 12.3 Å². The smallest absolute Gasteiger partial charge is 0.265 e. The molecule has 0 radical (unpaired) electrons. The van der Waals surface area contributed by atoms with Gasteiger partial charge < -0.3 is 10.8 Å². The summed E-state index contributed by atoms with van der Waals surface area (Å²) in [6.07, 6.45) is -1.70. The van der Waals surface area contributed by atoms with Gasteiger partial charge in [-0.25, -0.2) is 13.8 Å². The highest BCUT2D eigenvalue weighted by atomic mass is 19.3. The molecule has 1 rings (SSSR count). The lowest BCUT2D eigenvalue weighted by Gasteiger charge is -2.00. The Hall–Kier alpha value is -1.39. The molecule has 5 heteroatoms. The van der Waals surface area contributed by atoms with Gasteiger partial charge in [0.15, 0.2) is 11.6 Å². The van der Waals surface area contributed by atoms with Gasteiger partial charge in [0.2, 0.25) is 0 Å². The third-order valence-electron chi connectivity index (χ3n) is 1.17. The summed E-state index contributed by atoms with van der Waals surface area (Å²) in [6.45, 7) is 0. The number of hydrogen-bond donors (Lipinski definition) is 2. The summed E-state index contributed by atoms with van der Waals surface area (Å²) in [6, 6.07) is 0.896. The van der Waals surface area contributed by atoms with Gasteiger partial charge in [-0.05, 0) is 6.07 Å². The van der Waals surface area contributed by atoms with Crippen LogP contribution in [0.1, 0.15) is 12.0 Å². The number of hydrogen-bond acceptors (Lipinski definition) is 3. The van der Waals surface area contributed by atoms with E-state index in [2.05, 4.69) is 4.98 Å². The van der Waals surface area contributed by atoms with Gasteiger partial charge >= 0.3 is 0 Å². The number of aromatic hydroxyl groups is 1. The molecule has 11 heavy (non-hydrogen) atoms. The van der Waals surface area contributed by atoms with Crippen LogP contribution in [-0.4, -0.2) is 10.1 Å². The Bertz CT molecular complexity index is 265. The first-order valence-corrected chi connectivity index (χ1v) is 2.84. The van der Waals surface area contributed by atoms with Crippen molar-refractivity contribution in [1.82, 2.24) is 4.98 Å². The maximum Gasteiger partial charge on any atom is 0.265 e. The average molecular weight is 160 g/mol. The van der Waals surface area contributed by atoms with Crippen LogP contribution in [0.2, 0.25) is 0 Å². The Balaban J connectivity index is 3.05. The van der Waals surface area contributed by atoms with Gasteiger partial charge in [0.1, 0.15) is 0 Å². The Morgan fingerprint density at radius 1 is 1.55 bits per heavy atom. The molecule has 0 fully saturated rings. The van der Waals surface area contributed by atoms with E-state index >= 15 is 0 Å². The van der Waals surface area contributed by atoms with Crippen molar-refractivity contribution >= 4 is 5.82 Å². The number of rotatable bonds is 1. The first-order valence-electron chi connectivity index (χ1n) is 2.84. The number of alkyl halides is 2. The zero-order valence-corrected chi connectivity index (χ0v) is 5.46. The molecule has 0 saturated carbocycles. The quantitative estimate of drug-likeness (QED) is 0.651. The fourth-order valence-corrected chi connectivity index (χ4v) is 0.599. The van der Waals surface area contributed by atoms with Crippen molar-refractivity contribution in [3.63, 3.8) is 0 Å².